The Kier molecular flexibility index (Phi) is 17.9. The number of unbranched alkanes of at least 4 members (excludes halogenated alkanes) is 2. The molecule has 0 bridgehead atoms. The standard InChI is InChI=1S/C24H34BO5.C8H20N/c1-5-7-9-19-15-23(27-3)13-11-21(19)17-29-25(26)30-18-22-12-14-24(28-4)16-20(22)10-8-6-2;1-5-9(6-2,7-3)8-4/h11-16H,5-10,17-18H2,1-4H3;5-8H2,1-4H3/q-1;+1. The van der Waals surface area contributed by atoms with Gasteiger partial charge in [0.05, 0.1) is 53.6 Å². The third kappa shape index (κ3) is 12.3. The van der Waals surface area contributed by atoms with E-state index in [-0.39, 0.29) is 13.2 Å². The van der Waals surface area contributed by atoms with Gasteiger partial charge in [0.15, 0.2) is 0 Å². The molecule has 220 valence electrons. The molecule has 0 saturated heterocycles. The van der Waals surface area contributed by atoms with Gasteiger partial charge in [-0.05, 0) is 99.9 Å². The van der Waals surface area contributed by atoms with Gasteiger partial charge in [0.25, 0.3) is 0 Å². The Morgan fingerprint density at radius 1 is 0.615 bits per heavy atom. The number of methoxy groups -OCH3 is 2. The van der Waals surface area contributed by atoms with Gasteiger partial charge in [-0.3, -0.25) is 0 Å². The summed E-state index contributed by atoms with van der Waals surface area (Å²) < 4.78 is 22.9. The first-order valence-corrected chi connectivity index (χ1v) is 14.9. The van der Waals surface area contributed by atoms with Gasteiger partial charge in [0.2, 0.25) is 0 Å². The van der Waals surface area contributed by atoms with Gasteiger partial charge in [-0.1, -0.05) is 38.8 Å². The van der Waals surface area contributed by atoms with Crippen molar-refractivity contribution in [1.82, 2.24) is 0 Å². The summed E-state index contributed by atoms with van der Waals surface area (Å²) in [6.07, 6.45) is 6.23. The Labute approximate surface area is 239 Å². The highest BCUT2D eigenvalue weighted by molar-refractivity contribution is 6.32. The predicted octanol–water partition coefficient (Wildman–Crippen LogP) is 6.35. The lowest BCUT2D eigenvalue weighted by Crippen LogP contribution is -2.47. The van der Waals surface area contributed by atoms with E-state index in [0.717, 1.165) is 72.3 Å². The zero-order valence-corrected chi connectivity index (χ0v) is 26.0. The molecule has 0 heterocycles. The molecule has 2 rings (SSSR count). The van der Waals surface area contributed by atoms with E-state index in [4.69, 9.17) is 18.8 Å². The molecule has 0 aliphatic carbocycles. The fourth-order valence-corrected chi connectivity index (χ4v) is 4.65. The lowest BCUT2D eigenvalue weighted by molar-refractivity contribution is -0.921. The largest absolute Gasteiger partial charge is 0.832 e. The maximum Gasteiger partial charge on any atom is 0.345 e. The highest BCUT2D eigenvalue weighted by Gasteiger charge is 2.16. The smallest absolute Gasteiger partial charge is 0.345 e. The highest BCUT2D eigenvalue weighted by atomic mass is 16.7. The number of quaternary nitrogens is 1. The Bertz CT molecular complexity index is 838. The van der Waals surface area contributed by atoms with Crippen LogP contribution in [0.4, 0.5) is 0 Å². The number of ether oxygens (including phenoxy) is 2. The van der Waals surface area contributed by atoms with Crippen molar-refractivity contribution in [3.05, 3.63) is 58.7 Å². The third-order valence-electron chi connectivity index (χ3n) is 7.86. The molecule has 0 N–H and O–H groups in total. The summed E-state index contributed by atoms with van der Waals surface area (Å²) >= 11 is 0. The van der Waals surface area contributed by atoms with Crippen molar-refractivity contribution in [3.8, 4) is 11.5 Å². The minimum Gasteiger partial charge on any atom is -0.832 e. The average Bonchev–Trinajstić information content (AvgIpc) is 2.98. The van der Waals surface area contributed by atoms with Crippen LogP contribution < -0.4 is 14.5 Å². The van der Waals surface area contributed by atoms with E-state index in [1.165, 1.54) is 30.7 Å². The molecule has 39 heavy (non-hydrogen) atoms. The van der Waals surface area contributed by atoms with Gasteiger partial charge in [-0.15, -0.1) is 0 Å². The van der Waals surface area contributed by atoms with Crippen LogP contribution in [0, 0.1) is 0 Å². The third-order valence-corrected chi connectivity index (χ3v) is 7.86. The Balaban J connectivity index is 0.000000724. The van der Waals surface area contributed by atoms with Gasteiger partial charge in [-0.25, -0.2) is 0 Å². The zero-order chi connectivity index (χ0) is 29.1. The van der Waals surface area contributed by atoms with Crippen LogP contribution in [-0.2, 0) is 35.4 Å². The molecule has 0 aliphatic heterocycles. The summed E-state index contributed by atoms with van der Waals surface area (Å²) in [5, 5.41) is 12.3. The van der Waals surface area contributed by atoms with Gasteiger partial charge < -0.3 is 28.3 Å². The van der Waals surface area contributed by atoms with Gasteiger partial charge in [-0.2, -0.15) is 0 Å². The monoisotopic (exact) mass is 543 g/mol. The second-order valence-electron chi connectivity index (χ2n) is 9.99. The van der Waals surface area contributed by atoms with E-state index in [1.807, 2.05) is 36.4 Å². The van der Waals surface area contributed by atoms with Crippen LogP contribution in [0.5, 0.6) is 11.5 Å². The first-order valence-electron chi connectivity index (χ1n) is 14.9. The van der Waals surface area contributed by atoms with Crippen LogP contribution >= 0.6 is 0 Å². The molecule has 0 amide bonds. The molecule has 2 aromatic carbocycles. The number of benzene rings is 2. The van der Waals surface area contributed by atoms with Crippen molar-refractivity contribution in [3.63, 3.8) is 0 Å². The van der Waals surface area contributed by atoms with E-state index < -0.39 is 7.32 Å². The molecule has 2 aromatic rings. The van der Waals surface area contributed by atoms with Crippen molar-refractivity contribution in [2.75, 3.05) is 40.4 Å². The van der Waals surface area contributed by atoms with Crippen molar-refractivity contribution < 1.29 is 28.3 Å². The van der Waals surface area contributed by atoms with Crippen molar-refractivity contribution >= 4 is 7.32 Å². The van der Waals surface area contributed by atoms with Crippen LogP contribution in [0.1, 0.15) is 89.5 Å². The van der Waals surface area contributed by atoms with Crippen molar-refractivity contribution in [2.24, 2.45) is 0 Å². The summed E-state index contributed by atoms with van der Waals surface area (Å²) in [5.41, 5.74) is 4.31. The highest BCUT2D eigenvalue weighted by Crippen LogP contribution is 2.22. The molecule has 0 radical (unpaired) electrons. The maximum atomic E-state index is 12.3. The Morgan fingerprint density at radius 3 is 1.28 bits per heavy atom. The van der Waals surface area contributed by atoms with Crippen LogP contribution in [0.25, 0.3) is 0 Å². The summed E-state index contributed by atoms with van der Waals surface area (Å²) in [6.45, 7) is 19.0. The quantitative estimate of drug-likeness (QED) is 0.162. The molecule has 0 saturated carbocycles. The van der Waals surface area contributed by atoms with Gasteiger partial charge in [0.1, 0.15) is 11.5 Å². The van der Waals surface area contributed by atoms with E-state index >= 15 is 0 Å². The summed E-state index contributed by atoms with van der Waals surface area (Å²) in [4.78, 5) is 0. The molecule has 6 nitrogen and oxygen atoms in total. The summed E-state index contributed by atoms with van der Waals surface area (Å²) in [6, 6.07) is 11.8. The van der Waals surface area contributed by atoms with Crippen LogP contribution in [0.3, 0.4) is 0 Å². The Morgan fingerprint density at radius 2 is 1.00 bits per heavy atom. The van der Waals surface area contributed by atoms with E-state index in [2.05, 4.69) is 41.5 Å². The molecule has 0 fully saturated rings. The number of rotatable bonds is 18. The van der Waals surface area contributed by atoms with Crippen LogP contribution in [-0.4, -0.2) is 52.2 Å². The molecule has 0 unspecified atom stereocenters. The summed E-state index contributed by atoms with van der Waals surface area (Å²) in [5.74, 6) is 1.64. The fourth-order valence-electron chi connectivity index (χ4n) is 4.65. The normalized spacial score (nSPS) is 11.1. The minimum absolute atomic E-state index is 0.225. The van der Waals surface area contributed by atoms with E-state index in [9.17, 15) is 5.02 Å². The molecule has 0 aliphatic rings. The number of hydrogen-bond donors (Lipinski definition) is 0. The lowest BCUT2D eigenvalue weighted by Gasteiger charge is -2.34. The van der Waals surface area contributed by atoms with Gasteiger partial charge >= 0.3 is 7.32 Å². The first-order chi connectivity index (χ1) is 18.8. The molecular weight excluding hydrogens is 489 g/mol. The number of aryl methyl sites for hydroxylation is 2. The maximum absolute atomic E-state index is 12.3. The predicted molar refractivity (Wildman–Crippen MR) is 161 cm³/mol. The lowest BCUT2D eigenvalue weighted by atomic mass is 10.0. The average molecular weight is 544 g/mol. The fraction of sp³-hybridized carbons (Fsp3) is 0.625. The Hall–Kier alpha value is -2.06. The molecular formula is C32H54BNO5. The zero-order valence-electron chi connectivity index (χ0n) is 26.0. The molecule has 0 atom stereocenters. The second kappa shape index (κ2) is 19.9. The van der Waals surface area contributed by atoms with Crippen LogP contribution in [0.15, 0.2) is 36.4 Å². The molecule has 7 heteroatoms. The molecule has 0 spiro atoms. The topological polar surface area (TPSA) is 60.0 Å². The molecule has 0 aromatic heterocycles. The second-order valence-corrected chi connectivity index (χ2v) is 9.99. The summed E-state index contributed by atoms with van der Waals surface area (Å²) in [7, 11) is 1.78. The van der Waals surface area contributed by atoms with E-state index in [0.29, 0.717) is 0 Å². The van der Waals surface area contributed by atoms with E-state index in [1.54, 1.807) is 14.2 Å². The minimum atomic E-state index is -1.53. The number of hydrogen-bond acceptors (Lipinski definition) is 5. The van der Waals surface area contributed by atoms with Gasteiger partial charge in [0, 0.05) is 0 Å². The number of nitrogens with zero attached hydrogens (tertiary/aromatic N) is 1. The van der Waals surface area contributed by atoms with Crippen molar-refractivity contribution in [2.45, 2.75) is 93.3 Å². The van der Waals surface area contributed by atoms with Crippen LogP contribution in [0.2, 0.25) is 0 Å². The first kappa shape index (κ1) is 35.0. The van der Waals surface area contributed by atoms with Crippen molar-refractivity contribution in [1.29, 1.82) is 0 Å². The SMILES string of the molecule is CCCCc1cc(OC)ccc1COB([O-])OCc1ccc(OC)cc1CCCC.CC[N+](CC)(CC)CC.